The molecule has 0 spiro atoms. The van der Waals surface area contributed by atoms with Crippen LogP contribution in [0.3, 0.4) is 0 Å². The molecule has 0 aromatic rings. The summed E-state index contributed by atoms with van der Waals surface area (Å²) in [6, 6.07) is 0. The first-order valence-corrected chi connectivity index (χ1v) is 9.22. The number of fused-ring (bicyclic) bond motifs is 1. The van der Waals surface area contributed by atoms with Crippen LogP contribution in [0.25, 0.3) is 0 Å². The molecule has 0 nitrogen and oxygen atoms in total. The fourth-order valence-corrected chi connectivity index (χ4v) is 4.94. The van der Waals surface area contributed by atoms with Crippen molar-refractivity contribution in [2.45, 2.75) is 98.3 Å². The molecule has 0 radical (unpaired) electrons. The molecular formula is C20H36. The molecule has 3 aliphatic rings. The van der Waals surface area contributed by atoms with Gasteiger partial charge in [-0.2, -0.15) is 0 Å². The monoisotopic (exact) mass is 276 g/mol. The van der Waals surface area contributed by atoms with E-state index in [1.807, 2.05) is 0 Å². The third-order valence-electron chi connectivity index (χ3n) is 6.77. The van der Waals surface area contributed by atoms with Gasteiger partial charge in [-0.1, -0.05) is 83.8 Å². The summed E-state index contributed by atoms with van der Waals surface area (Å²) < 4.78 is 0. The van der Waals surface area contributed by atoms with Crippen LogP contribution in [-0.2, 0) is 0 Å². The molecule has 3 aliphatic carbocycles. The molecular weight excluding hydrogens is 240 g/mol. The number of hydrogen-bond donors (Lipinski definition) is 0. The highest BCUT2D eigenvalue weighted by Crippen LogP contribution is 2.69. The molecule has 2 unspecified atom stereocenters. The van der Waals surface area contributed by atoms with Gasteiger partial charge >= 0.3 is 0 Å². The van der Waals surface area contributed by atoms with E-state index in [9.17, 15) is 0 Å². The van der Waals surface area contributed by atoms with E-state index >= 15 is 0 Å². The van der Waals surface area contributed by atoms with Crippen molar-refractivity contribution in [3.63, 3.8) is 0 Å². The highest BCUT2D eigenvalue weighted by molar-refractivity contribution is 5.29. The van der Waals surface area contributed by atoms with Gasteiger partial charge in [0.05, 0.1) is 0 Å². The first kappa shape index (κ1) is 16.1. The maximum atomic E-state index is 2.55. The Kier molecular flexibility index (Phi) is 5.37. The second-order valence-electron chi connectivity index (χ2n) is 8.05. The summed E-state index contributed by atoms with van der Waals surface area (Å²) in [5.41, 5.74) is 2.87. The van der Waals surface area contributed by atoms with Crippen molar-refractivity contribution in [3.8, 4) is 0 Å². The molecule has 0 saturated heterocycles. The summed E-state index contributed by atoms with van der Waals surface area (Å²) in [7, 11) is 0. The van der Waals surface area contributed by atoms with E-state index in [1.54, 1.807) is 5.57 Å². The van der Waals surface area contributed by atoms with E-state index in [1.165, 1.54) is 70.6 Å². The predicted molar refractivity (Wildman–Crippen MR) is 89.9 cm³/mol. The van der Waals surface area contributed by atoms with Crippen LogP contribution in [0.2, 0.25) is 0 Å². The van der Waals surface area contributed by atoms with Crippen LogP contribution in [0, 0.1) is 16.7 Å². The molecule has 116 valence electrons. The Labute approximate surface area is 127 Å². The van der Waals surface area contributed by atoms with Gasteiger partial charge in [-0.15, -0.1) is 0 Å². The molecule has 0 aromatic carbocycles. The first-order valence-electron chi connectivity index (χ1n) is 9.22. The second-order valence-corrected chi connectivity index (χ2v) is 8.05. The van der Waals surface area contributed by atoms with E-state index in [4.69, 9.17) is 0 Å². The Bertz CT molecular complexity index is 336. The third-order valence-corrected chi connectivity index (χ3v) is 6.77. The minimum atomic E-state index is 0.576. The Hall–Kier alpha value is -0.260. The average Bonchev–Trinajstić information content (AvgIpc) is 2.42. The highest BCUT2D eigenvalue weighted by Gasteiger charge is 2.60. The Morgan fingerprint density at radius 3 is 2.15 bits per heavy atom. The minimum absolute atomic E-state index is 0.576. The number of hydrogen-bond acceptors (Lipinski definition) is 0. The van der Waals surface area contributed by atoms with Crippen LogP contribution >= 0.6 is 0 Å². The van der Waals surface area contributed by atoms with Gasteiger partial charge in [-0.3, -0.25) is 0 Å². The minimum Gasteiger partial charge on any atom is -0.0847 e. The lowest BCUT2D eigenvalue weighted by Gasteiger charge is -2.66. The van der Waals surface area contributed by atoms with Crippen molar-refractivity contribution < 1.29 is 0 Å². The molecule has 2 atom stereocenters. The average molecular weight is 277 g/mol. The van der Waals surface area contributed by atoms with Gasteiger partial charge < -0.3 is 0 Å². The van der Waals surface area contributed by atoms with Crippen LogP contribution in [0.15, 0.2) is 11.6 Å². The molecule has 0 aliphatic heterocycles. The molecule has 0 heterocycles. The van der Waals surface area contributed by atoms with E-state index in [-0.39, 0.29) is 0 Å². The Morgan fingerprint density at radius 2 is 1.60 bits per heavy atom. The van der Waals surface area contributed by atoms with Gasteiger partial charge in [0, 0.05) is 0 Å². The SMILES string of the molecule is CCCCCCCCCCC12CC(CC=C1C)C2(C)C. The molecule has 1 fully saturated rings. The molecule has 0 heteroatoms. The van der Waals surface area contributed by atoms with Crippen molar-refractivity contribution in [1.29, 1.82) is 0 Å². The lowest BCUT2D eigenvalue weighted by atomic mass is 9.39. The molecule has 0 N–H and O–H groups in total. The topological polar surface area (TPSA) is 0 Å². The van der Waals surface area contributed by atoms with Crippen LogP contribution < -0.4 is 0 Å². The fourth-order valence-electron chi connectivity index (χ4n) is 4.94. The zero-order valence-electron chi connectivity index (χ0n) is 14.4. The quantitative estimate of drug-likeness (QED) is 0.317. The van der Waals surface area contributed by atoms with E-state index in [2.05, 4.69) is 33.8 Å². The molecule has 1 saturated carbocycles. The van der Waals surface area contributed by atoms with Crippen LogP contribution in [0.4, 0.5) is 0 Å². The zero-order valence-corrected chi connectivity index (χ0v) is 14.4. The summed E-state index contributed by atoms with van der Waals surface area (Å²) in [4.78, 5) is 0. The van der Waals surface area contributed by atoms with Crippen molar-refractivity contribution in [3.05, 3.63) is 11.6 Å². The van der Waals surface area contributed by atoms with E-state index in [0.717, 1.165) is 5.92 Å². The predicted octanol–water partition coefficient (Wildman–Crippen LogP) is 6.90. The maximum Gasteiger partial charge on any atom is -0.00340 e. The maximum absolute atomic E-state index is 2.55. The summed E-state index contributed by atoms with van der Waals surface area (Å²) in [5.74, 6) is 0.972. The van der Waals surface area contributed by atoms with Crippen molar-refractivity contribution >= 4 is 0 Å². The lowest BCUT2D eigenvalue weighted by molar-refractivity contribution is -0.109. The number of rotatable bonds is 9. The van der Waals surface area contributed by atoms with Gasteiger partial charge in [-0.25, -0.2) is 0 Å². The fraction of sp³-hybridized carbons (Fsp3) is 0.900. The van der Waals surface area contributed by atoms with E-state index in [0.29, 0.717) is 10.8 Å². The largest absolute Gasteiger partial charge is 0.0847 e. The van der Waals surface area contributed by atoms with E-state index < -0.39 is 0 Å². The van der Waals surface area contributed by atoms with Crippen LogP contribution in [0.5, 0.6) is 0 Å². The number of unbranched alkanes of at least 4 members (excludes halogenated alkanes) is 7. The van der Waals surface area contributed by atoms with Crippen molar-refractivity contribution in [2.24, 2.45) is 16.7 Å². The first-order chi connectivity index (χ1) is 9.54. The standard InChI is InChI=1S/C20H36/c1-5-6-7-8-9-10-11-12-15-20-16-18(19(20,3)4)14-13-17(20)2/h13,18H,5-12,14-16H2,1-4H3. The van der Waals surface area contributed by atoms with Crippen LogP contribution in [-0.4, -0.2) is 0 Å². The normalized spacial score (nSPS) is 30.8. The Morgan fingerprint density at radius 1 is 1.00 bits per heavy atom. The molecule has 2 bridgehead atoms. The van der Waals surface area contributed by atoms with Crippen molar-refractivity contribution in [2.75, 3.05) is 0 Å². The van der Waals surface area contributed by atoms with Gasteiger partial charge in [-0.05, 0) is 42.9 Å². The highest BCUT2D eigenvalue weighted by atomic mass is 14.6. The smallest absolute Gasteiger partial charge is 0.00340 e. The lowest BCUT2D eigenvalue weighted by Crippen LogP contribution is -2.57. The van der Waals surface area contributed by atoms with Crippen LogP contribution in [0.1, 0.15) is 98.3 Å². The summed E-state index contributed by atoms with van der Waals surface area (Å²) in [6.07, 6.45) is 18.4. The number of allylic oxidation sites excluding steroid dienone is 2. The molecule has 20 heavy (non-hydrogen) atoms. The molecule has 0 aromatic heterocycles. The third kappa shape index (κ3) is 2.85. The second kappa shape index (κ2) is 6.67. The Balaban J connectivity index is 1.66. The molecule has 3 rings (SSSR count). The molecule has 0 amide bonds. The van der Waals surface area contributed by atoms with Gasteiger partial charge in [0.25, 0.3) is 0 Å². The summed E-state index contributed by atoms with van der Waals surface area (Å²) in [6.45, 7) is 9.76. The van der Waals surface area contributed by atoms with Gasteiger partial charge in [0.2, 0.25) is 0 Å². The summed E-state index contributed by atoms with van der Waals surface area (Å²) in [5, 5.41) is 0. The van der Waals surface area contributed by atoms with Crippen molar-refractivity contribution in [1.82, 2.24) is 0 Å². The summed E-state index contributed by atoms with van der Waals surface area (Å²) >= 11 is 0. The van der Waals surface area contributed by atoms with Gasteiger partial charge in [0.1, 0.15) is 0 Å². The zero-order chi connectivity index (χ0) is 14.6. The van der Waals surface area contributed by atoms with Gasteiger partial charge in [0.15, 0.2) is 0 Å².